The van der Waals surface area contributed by atoms with Crippen LogP contribution in [0.5, 0.6) is 11.5 Å². The molecule has 0 saturated carbocycles. The number of nitrogens with one attached hydrogen (secondary N) is 1. The van der Waals surface area contributed by atoms with E-state index in [2.05, 4.69) is 19.2 Å². The van der Waals surface area contributed by atoms with Crippen molar-refractivity contribution < 1.29 is 23.9 Å². The number of piperidine rings is 1. The zero-order chi connectivity index (χ0) is 25.6. The van der Waals surface area contributed by atoms with Crippen molar-refractivity contribution in [2.24, 2.45) is 11.8 Å². The number of likely N-dealkylation sites (N-methyl/N-ethyl adjacent to an activating group) is 1. The Morgan fingerprint density at radius 2 is 1.83 bits per heavy atom. The van der Waals surface area contributed by atoms with E-state index in [1.807, 2.05) is 31.1 Å². The van der Waals surface area contributed by atoms with Gasteiger partial charge >= 0.3 is 6.03 Å². The second kappa shape index (κ2) is 11.7. The number of likely N-dealkylation sites (tertiary alicyclic amines) is 1. The molecule has 2 heterocycles. The quantitative estimate of drug-likeness (QED) is 0.482. The average molecular weight is 489 g/mol. The lowest BCUT2D eigenvalue weighted by Gasteiger charge is -2.41. The topological polar surface area (TPSA) is 91.4 Å². The van der Waals surface area contributed by atoms with Crippen LogP contribution in [-0.4, -0.2) is 92.1 Å². The smallest absolute Gasteiger partial charge is 0.325 e. The number of carbonyl (C=O) groups excluding carboxylic acids is 3. The van der Waals surface area contributed by atoms with Crippen molar-refractivity contribution >= 4 is 17.8 Å². The van der Waals surface area contributed by atoms with Gasteiger partial charge in [-0.25, -0.2) is 4.79 Å². The zero-order valence-corrected chi connectivity index (χ0v) is 21.7. The van der Waals surface area contributed by atoms with Crippen molar-refractivity contribution in [2.75, 3.05) is 54.0 Å². The summed E-state index contributed by atoms with van der Waals surface area (Å²) in [5, 5.41) is 3.10. The molecular formula is C26H40N4O5. The van der Waals surface area contributed by atoms with Crippen LogP contribution in [0.3, 0.4) is 0 Å². The van der Waals surface area contributed by atoms with E-state index in [1.54, 1.807) is 24.1 Å². The number of para-hydroxylation sites is 2. The van der Waals surface area contributed by atoms with Gasteiger partial charge in [0.05, 0.1) is 7.11 Å². The first-order valence-electron chi connectivity index (χ1n) is 12.5. The van der Waals surface area contributed by atoms with Gasteiger partial charge in [0.25, 0.3) is 11.8 Å². The normalized spacial score (nSPS) is 21.1. The molecule has 0 radical (unpaired) electrons. The van der Waals surface area contributed by atoms with Gasteiger partial charge in [0.15, 0.2) is 18.1 Å². The lowest BCUT2D eigenvalue weighted by molar-refractivity contribution is -0.137. The number of nitrogens with zero attached hydrogens (tertiary/aromatic N) is 3. The molecule has 1 atom stereocenters. The fourth-order valence-corrected chi connectivity index (χ4v) is 4.91. The van der Waals surface area contributed by atoms with Gasteiger partial charge in [-0.15, -0.1) is 0 Å². The molecule has 4 amide bonds. The van der Waals surface area contributed by atoms with Crippen LogP contribution in [0.1, 0.15) is 39.5 Å². The Morgan fingerprint density at radius 3 is 2.43 bits per heavy atom. The third-order valence-electron chi connectivity index (χ3n) is 7.05. The predicted molar refractivity (Wildman–Crippen MR) is 133 cm³/mol. The van der Waals surface area contributed by atoms with Gasteiger partial charge in [0.1, 0.15) is 5.54 Å². The minimum atomic E-state index is -0.892. The summed E-state index contributed by atoms with van der Waals surface area (Å²) < 4.78 is 11.0. The molecule has 194 valence electrons. The van der Waals surface area contributed by atoms with E-state index >= 15 is 0 Å². The number of urea groups is 1. The van der Waals surface area contributed by atoms with Crippen LogP contribution in [0.25, 0.3) is 0 Å². The summed E-state index contributed by atoms with van der Waals surface area (Å²) in [6.45, 7) is 6.24. The van der Waals surface area contributed by atoms with Crippen molar-refractivity contribution in [3.63, 3.8) is 0 Å². The average Bonchev–Trinajstić information content (AvgIpc) is 3.09. The summed E-state index contributed by atoms with van der Waals surface area (Å²) >= 11 is 0. The molecule has 0 aliphatic carbocycles. The SMILES string of the molecule is COc1ccccc1OCC(=O)N1CCC(C2(CCC(C)C)NC(=O)N(CCN(C)C)C2=O)CC1. The zero-order valence-electron chi connectivity index (χ0n) is 21.7. The van der Waals surface area contributed by atoms with E-state index in [0.29, 0.717) is 62.9 Å². The maximum Gasteiger partial charge on any atom is 0.325 e. The number of imide groups is 1. The van der Waals surface area contributed by atoms with Gasteiger partial charge < -0.3 is 24.6 Å². The van der Waals surface area contributed by atoms with Crippen LogP contribution < -0.4 is 14.8 Å². The number of methoxy groups -OCH3 is 1. The second-order valence-corrected chi connectivity index (χ2v) is 10.2. The minimum absolute atomic E-state index is 0.0127. The van der Waals surface area contributed by atoms with Crippen LogP contribution >= 0.6 is 0 Å². The highest BCUT2D eigenvalue weighted by atomic mass is 16.5. The molecule has 35 heavy (non-hydrogen) atoms. The minimum Gasteiger partial charge on any atom is -0.493 e. The first-order chi connectivity index (χ1) is 16.7. The van der Waals surface area contributed by atoms with Crippen LogP contribution in [0, 0.1) is 11.8 Å². The Balaban J connectivity index is 1.64. The molecule has 0 spiro atoms. The molecule has 1 N–H and O–H groups in total. The van der Waals surface area contributed by atoms with E-state index in [-0.39, 0.29) is 30.4 Å². The molecule has 1 unspecified atom stereocenters. The molecule has 2 saturated heterocycles. The summed E-state index contributed by atoms with van der Waals surface area (Å²) in [6.07, 6.45) is 2.78. The number of hydrogen-bond acceptors (Lipinski definition) is 6. The molecule has 9 nitrogen and oxygen atoms in total. The summed E-state index contributed by atoms with van der Waals surface area (Å²) in [7, 11) is 5.41. The summed E-state index contributed by atoms with van der Waals surface area (Å²) in [6, 6.07) is 6.94. The van der Waals surface area contributed by atoms with Crippen molar-refractivity contribution in [3.8, 4) is 11.5 Å². The van der Waals surface area contributed by atoms with Crippen LogP contribution in [0.4, 0.5) is 4.79 Å². The fraction of sp³-hybridized carbons (Fsp3) is 0.654. The van der Waals surface area contributed by atoms with Crippen molar-refractivity contribution in [1.29, 1.82) is 0 Å². The third-order valence-corrected chi connectivity index (χ3v) is 7.05. The third kappa shape index (κ3) is 6.25. The summed E-state index contributed by atoms with van der Waals surface area (Å²) in [4.78, 5) is 44.4. The molecule has 9 heteroatoms. The van der Waals surface area contributed by atoms with Gasteiger partial charge in [-0.05, 0) is 63.7 Å². The van der Waals surface area contributed by atoms with E-state index in [1.165, 1.54) is 4.90 Å². The van der Waals surface area contributed by atoms with E-state index in [9.17, 15) is 14.4 Å². The fourth-order valence-electron chi connectivity index (χ4n) is 4.91. The van der Waals surface area contributed by atoms with E-state index in [4.69, 9.17) is 9.47 Å². The van der Waals surface area contributed by atoms with Crippen LogP contribution in [-0.2, 0) is 9.59 Å². The molecule has 1 aromatic rings. The summed E-state index contributed by atoms with van der Waals surface area (Å²) in [5.41, 5.74) is -0.892. The van der Waals surface area contributed by atoms with Crippen LogP contribution in [0.2, 0.25) is 0 Å². The highest BCUT2D eigenvalue weighted by Crippen LogP contribution is 2.38. The predicted octanol–water partition coefficient (Wildman–Crippen LogP) is 2.60. The van der Waals surface area contributed by atoms with Crippen molar-refractivity contribution in [2.45, 2.75) is 45.1 Å². The molecule has 0 bridgehead atoms. The Labute approximate surface area is 208 Å². The highest BCUT2D eigenvalue weighted by molar-refractivity contribution is 6.07. The van der Waals surface area contributed by atoms with Gasteiger partial charge in [-0.3, -0.25) is 14.5 Å². The first-order valence-corrected chi connectivity index (χ1v) is 12.5. The highest BCUT2D eigenvalue weighted by Gasteiger charge is 2.55. The number of amides is 4. The second-order valence-electron chi connectivity index (χ2n) is 10.2. The maximum atomic E-state index is 13.6. The molecular weight excluding hydrogens is 448 g/mol. The van der Waals surface area contributed by atoms with Crippen LogP contribution in [0.15, 0.2) is 24.3 Å². The maximum absolute atomic E-state index is 13.6. The lowest BCUT2D eigenvalue weighted by Crippen LogP contribution is -2.57. The molecule has 2 aliphatic rings. The molecule has 2 aliphatic heterocycles. The van der Waals surface area contributed by atoms with Gasteiger partial charge in [0, 0.05) is 26.2 Å². The Morgan fingerprint density at radius 1 is 1.17 bits per heavy atom. The number of ether oxygens (including phenoxy) is 2. The molecule has 0 aromatic heterocycles. The number of benzene rings is 1. The Hall–Kier alpha value is -2.81. The number of hydrogen-bond donors (Lipinski definition) is 1. The Bertz CT molecular complexity index is 897. The van der Waals surface area contributed by atoms with Gasteiger partial charge in [-0.1, -0.05) is 26.0 Å². The molecule has 2 fully saturated rings. The monoisotopic (exact) mass is 488 g/mol. The summed E-state index contributed by atoms with van der Waals surface area (Å²) in [5.74, 6) is 1.31. The van der Waals surface area contributed by atoms with Gasteiger partial charge in [0.2, 0.25) is 0 Å². The standard InChI is InChI=1S/C26H40N4O5/c1-19(2)10-13-26(24(32)30(25(33)27-26)17-16-28(3)4)20-11-14-29(15-12-20)23(31)18-35-22-9-7-6-8-21(22)34-5/h6-9,19-20H,10-18H2,1-5H3,(H,27,33). The van der Waals surface area contributed by atoms with Crippen molar-refractivity contribution in [3.05, 3.63) is 24.3 Å². The lowest BCUT2D eigenvalue weighted by atomic mass is 9.74. The number of carbonyl (C=O) groups is 3. The van der Waals surface area contributed by atoms with E-state index < -0.39 is 5.54 Å². The van der Waals surface area contributed by atoms with Crippen molar-refractivity contribution in [1.82, 2.24) is 20.0 Å². The number of rotatable bonds is 11. The first kappa shape index (κ1) is 26.8. The molecule has 3 rings (SSSR count). The van der Waals surface area contributed by atoms with Gasteiger partial charge in [-0.2, -0.15) is 0 Å². The van der Waals surface area contributed by atoms with E-state index in [0.717, 1.165) is 6.42 Å². The molecule has 1 aromatic carbocycles. The largest absolute Gasteiger partial charge is 0.493 e. The Kier molecular flexibility index (Phi) is 8.99.